The van der Waals surface area contributed by atoms with Crippen LogP contribution in [0.5, 0.6) is 0 Å². The largest absolute Gasteiger partial charge is 0.386 e. The third-order valence-corrected chi connectivity index (χ3v) is 1.24. The first-order valence-corrected chi connectivity index (χ1v) is 3.83. The molecule has 0 rings (SSSR count). The van der Waals surface area contributed by atoms with E-state index in [0.717, 1.165) is 0 Å². The van der Waals surface area contributed by atoms with Crippen molar-refractivity contribution < 1.29 is 13.9 Å². The second-order valence-electron chi connectivity index (χ2n) is 2.05. The Morgan fingerprint density at radius 3 is 2.55 bits per heavy atom. The van der Waals surface area contributed by atoms with Crippen LogP contribution in [-0.2, 0) is 0 Å². The van der Waals surface area contributed by atoms with Crippen LogP contribution >= 0.6 is 15.9 Å². The molecule has 1 atom stereocenters. The van der Waals surface area contributed by atoms with E-state index in [1.54, 1.807) is 0 Å². The Balaban J connectivity index is 3.31. The van der Waals surface area contributed by atoms with Crippen LogP contribution in [0.1, 0.15) is 0 Å². The fourth-order valence-electron chi connectivity index (χ4n) is 0.445. The molecule has 0 aliphatic carbocycles. The molecule has 0 aliphatic rings. The summed E-state index contributed by atoms with van der Waals surface area (Å²) < 4.78 is 23.9. The van der Waals surface area contributed by atoms with Crippen LogP contribution in [0.25, 0.3) is 0 Å². The minimum absolute atomic E-state index is 0.123. The third kappa shape index (κ3) is 6.40. The molecule has 0 aromatic carbocycles. The summed E-state index contributed by atoms with van der Waals surface area (Å²) in [4.78, 5) is 0. The van der Waals surface area contributed by atoms with Crippen LogP contribution in [0, 0.1) is 0 Å². The number of alkyl halides is 2. The lowest BCUT2D eigenvalue weighted by Gasteiger charge is -2.09. The zero-order valence-electron chi connectivity index (χ0n) is 5.86. The number of hydrogen-bond acceptors (Lipinski definition) is 2. The van der Waals surface area contributed by atoms with Crippen molar-refractivity contribution in [3.63, 3.8) is 0 Å². The number of hydrogen-bond donors (Lipinski definition) is 2. The van der Waals surface area contributed by atoms with Crippen molar-refractivity contribution in [1.82, 2.24) is 5.32 Å². The van der Waals surface area contributed by atoms with Gasteiger partial charge in [-0.2, -0.15) is 0 Å². The summed E-state index contributed by atoms with van der Waals surface area (Å²) in [6.07, 6.45) is -4.28. The average Bonchev–Trinajstić information content (AvgIpc) is 1.86. The van der Waals surface area contributed by atoms with E-state index in [1.165, 1.54) is 0 Å². The predicted octanol–water partition coefficient (Wildman–Crippen LogP) is 1.11. The van der Waals surface area contributed by atoms with E-state index in [9.17, 15) is 8.78 Å². The molecule has 2 N–H and O–H groups in total. The van der Waals surface area contributed by atoms with Crippen molar-refractivity contribution in [2.24, 2.45) is 0 Å². The molecule has 0 heterocycles. The minimum Gasteiger partial charge on any atom is -0.386 e. The normalized spacial score (nSPS) is 13.5. The maximum atomic E-state index is 11.6. The van der Waals surface area contributed by atoms with Crippen molar-refractivity contribution in [3.8, 4) is 0 Å². The van der Waals surface area contributed by atoms with Gasteiger partial charge in [-0.15, -0.1) is 0 Å². The molecule has 0 aromatic heterocycles. The Kier molecular flexibility index (Phi) is 5.62. The molecule has 0 spiro atoms. The third-order valence-electron chi connectivity index (χ3n) is 0.961. The lowest BCUT2D eigenvalue weighted by atomic mass is 10.4. The molecule has 5 heteroatoms. The molecule has 66 valence electrons. The number of halogens is 3. The van der Waals surface area contributed by atoms with Crippen molar-refractivity contribution in [2.75, 3.05) is 13.1 Å². The quantitative estimate of drug-likeness (QED) is 0.741. The van der Waals surface area contributed by atoms with Crippen LogP contribution in [0.4, 0.5) is 8.78 Å². The van der Waals surface area contributed by atoms with E-state index in [2.05, 4.69) is 27.8 Å². The summed E-state index contributed by atoms with van der Waals surface area (Å²) in [6, 6.07) is 0. The van der Waals surface area contributed by atoms with Crippen molar-refractivity contribution in [2.45, 2.75) is 12.5 Å². The summed E-state index contributed by atoms with van der Waals surface area (Å²) >= 11 is 3.04. The van der Waals surface area contributed by atoms with E-state index >= 15 is 0 Å². The number of rotatable bonds is 5. The van der Waals surface area contributed by atoms with Gasteiger partial charge < -0.3 is 10.4 Å². The van der Waals surface area contributed by atoms with Gasteiger partial charge in [-0.25, -0.2) is 8.78 Å². The Morgan fingerprint density at radius 2 is 2.18 bits per heavy atom. The van der Waals surface area contributed by atoms with Gasteiger partial charge in [0, 0.05) is 17.6 Å². The highest BCUT2D eigenvalue weighted by Crippen LogP contribution is 2.00. The Hall–Kier alpha value is -0.0000000000000000555. The summed E-state index contributed by atoms with van der Waals surface area (Å²) in [5, 5.41) is 11.2. The maximum absolute atomic E-state index is 11.6. The maximum Gasteiger partial charge on any atom is 0.265 e. The van der Waals surface area contributed by atoms with E-state index in [1.807, 2.05) is 0 Å². The molecule has 0 saturated heterocycles. The zero-order valence-corrected chi connectivity index (χ0v) is 7.44. The predicted molar refractivity (Wildman–Crippen MR) is 42.9 cm³/mol. The lowest BCUT2D eigenvalue weighted by molar-refractivity contribution is -0.00276. The molecule has 0 fully saturated rings. The van der Waals surface area contributed by atoms with Crippen LogP contribution in [0.3, 0.4) is 0 Å². The van der Waals surface area contributed by atoms with Gasteiger partial charge in [0.25, 0.3) is 6.43 Å². The fraction of sp³-hybridized carbons (Fsp3) is 0.667. The highest BCUT2D eigenvalue weighted by molar-refractivity contribution is 9.11. The zero-order chi connectivity index (χ0) is 8.85. The SMILES string of the molecule is C=C(Br)CNCC(O)C(F)F. The van der Waals surface area contributed by atoms with E-state index in [-0.39, 0.29) is 6.54 Å². The molecule has 0 aliphatic heterocycles. The van der Waals surface area contributed by atoms with Crippen LogP contribution < -0.4 is 5.32 Å². The first kappa shape index (κ1) is 11.0. The van der Waals surface area contributed by atoms with Crippen LogP contribution in [-0.4, -0.2) is 30.7 Å². The highest BCUT2D eigenvalue weighted by atomic mass is 79.9. The average molecular weight is 230 g/mol. The molecule has 11 heavy (non-hydrogen) atoms. The molecule has 1 unspecified atom stereocenters. The Bertz CT molecular complexity index is 132. The monoisotopic (exact) mass is 229 g/mol. The molecular formula is C6H10BrF2NO. The molecule has 0 radical (unpaired) electrons. The summed E-state index contributed by atoms with van der Waals surface area (Å²) in [5.41, 5.74) is 0. The van der Waals surface area contributed by atoms with Gasteiger partial charge in [0.05, 0.1) is 0 Å². The van der Waals surface area contributed by atoms with Gasteiger partial charge in [0.15, 0.2) is 0 Å². The van der Waals surface area contributed by atoms with Gasteiger partial charge in [0.1, 0.15) is 6.10 Å². The van der Waals surface area contributed by atoms with E-state index in [0.29, 0.717) is 11.0 Å². The van der Waals surface area contributed by atoms with Gasteiger partial charge in [-0.05, 0) is 0 Å². The van der Waals surface area contributed by atoms with Crippen molar-refractivity contribution in [3.05, 3.63) is 11.1 Å². The standard InChI is InChI=1S/C6H10BrF2NO/c1-4(7)2-10-3-5(11)6(8)9/h5-6,10-11H,1-3H2. The number of aliphatic hydroxyl groups is 1. The summed E-state index contributed by atoms with van der Waals surface area (Å²) in [7, 11) is 0. The van der Waals surface area contributed by atoms with Crippen molar-refractivity contribution in [1.29, 1.82) is 0 Å². The van der Waals surface area contributed by atoms with Crippen molar-refractivity contribution >= 4 is 15.9 Å². The lowest BCUT2D eigenvalue weighted by Crippen LogP contribution is -2.32. The van der Waals surface area contributed by atoms with E-state index in [4.69, 9.17) is 5.11 Å². The summed E-state index contributed by atoms with van der Waals surface area (Å²) in [6.45, 7) is 3.74. The fourth-order valence-corrected chi connectivity index (χ4v) is 0.643. The second-order valence-corrected chi connectivity index (χ2v) is 3.17. The molecule has 0 bridgehead atoms. The van der Waals surface area contributed by atoms with Crippen LogP contribution in [0.15, 0.2) is 11.1 Å². The highest BCUT2D eigenvalue weighted by Gasteiger charge is 2.15. The Morgan fingerprint density at radius 1 is 1.64 bits per heavy atom. The molecular weight excluding hydrogens is 220 g/mol. The number of aliphatic hydroxyl groups excluding tert-OH is 1. The van der Waals surface area contributed by atoms with Gasteiger partial charge in [-0.3, -0.25) is 0 Å². The molecule has 0 saturated carbocycles. The molecule has 2 nitrogen and oxygen atoms in total. The van der Waals surface area contributed by atoms with Gasteiger partial charge in [0.2, 0.25) is 0 Å². The molecule has 0 amide bonds. The second kappa shape index (κ2) is 5.62. The first-order chi connectivity index (χ1) is 5.04. The smallest absolute Gasteiger partial charge is 0.265 e. The first-order valence-electron chi connectivity index (χ1n) is 3.04. The van der Waals surface area contributed by atoms with Crippen LogP contribution in [0.2, 0.25) is 0 Å². The Labute approximate surface area is 72.4 Å². The van der Waals surface area contributed by atoms with Gasteiger partial charge in [-0.1, -0.05) is 22.5 Å². The summed E-state index contributed by atoms with van der Waals surface area (Å²) in [5.74, 6) is 0. The van der Waals surface area contributed by atoms with Gasteiger partial charge >= 0.3 is 0 Å². The molecule has 0 aromatic rings. The van der Waals surface area contributed by atoms with E-state index < -0.39 is 12.5 Å². The number of nitrogens with one attached hydrogen (secondary N) is 1. The topological polar surface area (TPSA) is 32.3 Å². The minimum atomic E-state index is -2.69.